The van der Waals surface area contributed by atoms with E-state index < -0.39 is 0 Å². The summed E-state index contributed by atoms with van der Waals surface area (Å²) < 4.78 is 24.3. The van der Waals surface area contributed by atoms with Gasteiger partial charge in [-0.2, -0.15) is 0 Å². The molecule has 0 spiro atoms. The van der Waals surface area contributed by atoms with E-state index in [-0.39, 0.29) is 12.6 Å². The number of nitrogens with zero attached hydrogens (tertiary/aromatic N) is 1. The largest absolute Gasteiger partial charge is 0.454 e. The average molecular weight is 293 g/mol. The number of aromatic nitrogens is 1. The molecule has 4 rings (SSSR count). The molecule has 1 aliphatic heterocycles. The summed E-state index contributed by atoms with van der Waals surface area (Å²) in [5.74, 6) is 1.17. The lowest BCUT2D eigenvalue weighted by Crippen LogP contribution is -1.93. The number of benzene rings is 2. The highest BCUT2D eigenvalue weighted by atomic mass is 19.1. The van der Waals surface area contributed by atoms with Crippen molar-refractivity contribution in [1.82, 2.24) is 4.98 Å². The normalized spacial score (nSPS) is 12.4. The second-order valence-corrected chi connectivity index (χ2v) is 4.98. The van der Waals surface area contributed by atoms with Crippen molar-refractivity contribution in [2.45, 2.75) is 0 Å². The zero-order valence-corrected chi connectivity index (χ0v) is 11.6. The number of hydrogen-bond donors (Lipinski definition) is 0. The third kappa shape index (κ3) is 2.19. The maximum Gasteiger partial charge on any atom is 0.231 e. The fraction of sp³-hybridized carbons (Fsp3) is 0.0556. The smallest absolute Gasteiger partial charge is 0.231 e. The molecule has 0 bridgehead atoms. The molecule has 4 heteroatoms. The predicted octanol–water partition coefficient (Wildman–Crippen LogP) is 4.28. The van der Waals surface area contributed by atoms with Gasteiger partial charge in [-0.15, -0.1) is 0 Å². The Kier molecular flexibility index (Phi) is 3.00. The lowest BCUT2D eigenvalue weighted by atomic mass is 9.99. The first kappa shape index (κ1) is 12.8. The average Bonchev–Trinajstić information content (AvgIpc) is 3.02. The molecule has 1 aromatic heterocycles. The summed E-state index contributed by atoms with van der Waals surface area (Å²) >= 11 is 0. The van der Waals surface area contributed by atoms with Crippen molar-refractivity contribution < 1.29 is 13.9 Å². The summed E-state index contributed by atoms with van der Waals surface area (Å²) in [5, 5.41) is 0. The molecule has 0 N–H and O–H groups in total. The first-order valence-corrected chi connectivity index (χ1v) is 6.92. The van der Waals surface area contributed by atoms with Crippen LogP contribution in [-0.2, 0) is 0 Å². The summed E-state index contributed by atoms with van der Waals surface area (Å²) in [6.45, 7) is 0.239. The molecule has 3 nitrogen and oxygen atoms in total. The summed E-state index contributed by atoms with van der Waals surface area (Å²) in [6.07, 6.45) is 1.71. The van der Waals surface area contributed by atoms with E-state index >= 15 is 0 Å². The van der Waals surface area contributed by atoms with Crippen LogP contribution in [0, 0.1) is 5.82 Å². The molecule has 0 amide bonds. The van der Waals surface area contributed by atoms with Crippen LogP contribution in [0.1, 0.15) is 0 Å². The number of halogens is 1. The van der Waals surface area contributed by atoms with Gasteiger partial charge in [0.05, 0.1) is 5.69 Å². The van der Waals surface area contributed by atoms with Crippen LogP contribution in [0.2, 0.25) is 0 Å². The van der Waals surface area contributed by atoms with Crippen molar-refractivity contribution in [3.63, 3.8) is 0 Å². The van der Waals surface area contributed by atoms with Crippen LogP contribution >= 0.6 is 0 Å². The molecule has 0 unspecified atom stereocenters. The topological polar surface area (TPSA) is 31.4 Å². The van der Waals surface area contributed by atoms with Gasteiger partial charge in [0.15, 0.2) is 11.5 Å². The number of rotatable bonds is 2. The number of hydrogen-bond acceptors (Lipinski definition) is 3. The van der Waals surface area contributed by atoms with Crippen LogP contribution in [0.4, 0.5) is 4.39 Å². The van der Waals surface area contributed by atoms with Crippen LogP contribution in [-0.4, -0.2) is 11.8 Å². The zero-order chi connectivity index (χ0) is 14.9. The summed E-state index contributed by atoms with van der Waals surface area (Å²) in [4.78, 5) is 4.42. The van der Waals surface area contributed by atoms with Crippen LogP contribution < -0.4 is 9.47 Å². The van der Waals surface area contributed by atoms with Gasteiger partial charge in [0.1, 0.15) is 5.82 Å². The molecule has 2 heterocycles. The molecule has 0 fully saturated rings. The molecule has 3 aromatic rings. The Morgan fingerprint density at radius 1 is 0.864 bits per heavy atom. The van der Waals surface area contributed by atoms with Gasteiger partial charge in [-0.05, 0) is 35.9 Å². The van der Waals surface area contributed by atoms with Crippen molar-refractivity contribution in [3.05, 3.63) is 66.6 Å². The van der Waals surface area contributed by atoms with Crippen molar-refractivity contribution in [3.8, 4) is 33.9 Å². The van der Waals surface area contributed by atoms with E-state index in [1.54, 1.807) is 12.3 Å². The van der Waals surface area contributed by atoms with Crippen molar-refractivity contribution in [2.24, 2.45) is 0 Å². The Hall–Kier alpha value is -2.88. The third-order valence-electron chi connectivity index (χ3n) is 3.59. The predicted molar refractivity (Wildman–Crippen MR) is 81.2 cm³/mol. The van der Waals surface area contributed by atoms with Gasteiger partial charge in [-0.1, -0.05) is 24.3 Å². The number of pyridine rings is 1. The highest BCUT2D eigenvalue weighted by Crippen LogP contribution is 2.38. The van der Waals surface area contributed by atoms with Gasteiger partial charge in [0.2, 0.25) is 6.79 Å². The quantitative estimate of drug-likeness (QED) is 0.706. The molecule has 0 saturated heterocycles. The summed E-state index contributed by atoms with van der Waals surface area (Å²) in [6, 6.07) is 16.0. The Balaban J connectivity index is 1.86. The van der Waals surface area contributed by atoms with E-state index in [0.29, 0.717) is 5.75 Å². The van der Waals surface area contributed by atoms with Crippen molar-refractivity contribution >= 4 is 0 Å². The van der Waals surface area contributed by atoms with E-state index in [9.17, 15) is 4.39 Å². The molecule has 0 atom stereocenters. The molecule has 2 aromatic carbocycles. The Morgan fingerprint density at radius 3 is 2.68 bits per heavy atom. The number of ether oxygens (including phenoxy) is 2. The lowest BCUT2D eigenvalue weighted by molar-refractivity contribution is 0.174. The Bertz CT molecular complexity index is 848. The van der Waals surface area contributed by atoms with Crippen molar-refractivity contribution in [1.29, 1.82) is 0 Å². The van der Waals surface area contributed by atoms with Gasteiger partial charge in [-0.25, -0.2) is 4.39 Å². The standard InChI is InChI=1S/C18H12FNO2/c19-14-4-1-3-13(9-14)18-15(5-2-8-20-18)12-6-7-16-17(10-12)22-11-21-16/h1-10H,11H2. The molecular formula is C18H12FNO2. The van der Waals surface area contributed by atoms with E-state index in [0.717, 1.165) is 28.1 Å². The minimum atomic E-state index is -0.278. The van der Waals surface area contributed by atoms with E-state index in [1.807, 2.05) is 36.4 Å². The van der Waals surface area contributed by atoms with Gasteiger partial charge in [-0.3, -0.25) is 4.98 Å². The van der Waals surface area contributed by atoms with Gasteiger partial charge in [0, 0.05) is 17.3 Å². The first-order chi connectivity index (χ1) is 10.8. The summed E-state index contributed by atoms with van der Waals surface area (Å²) in [7, 11) is 0. The molecule has 0 aliphatic carbocycles. The van der Waals surface area contributed by atoms with Gasteiger partial charge in [0.25, 0.3) is 0 Å². The third-order valence-corrected chi connectivity index (χ3v) is 3.59. The fourth-order valence-electron chi connectivity index (χ4n) is 2.57. The molecule has 22 heavy (non-hydrogen) atoms. The highest BCUT2D eigenvalue weighted by Gasteiger charge is 2.16. The van der Waals surface area contributed by atoms with E-state index in [2.05, 4.69) is 4.98 Å². The molecule has 0 saturated carbocycles. The maximum atomic E-state index is 13.5. The van der Waals surface area contributed by atoms with Gasteiger partial charge >= 0.3 is 0 Å². The lowest BCUT2D eigenvalue weighted by Gasteiger charge is -2.09. The number of fused-ring (bicyclic) bond motifs is 1. The van der Waals surface area contributed by atoms with Crippen LogP contribution in [0.3, 0.4) is 0 Å². The Morgan fingerprint density at radius 2 is 1.77 bits per heavy atom. The monoisotopic (exact) mass is 293 g/mol. The van der Waals surface area contributed by atoms with Gasteiger partial charge < -0.3 is 9.47 Å². The van der Waals surface area contributed by atoms with E-state index in [4.69, 9.17) is 9.47 Å². The van der Waals surface area contributed by atoms with Crippen molar-refractivity contribution in [2.75, 3.05) is 6.79 Å². The second-order valence-electron chi connectivity index (χ2n) is 4.98. The minimum Gasteiger partial charge on any atom is -0.454 e. The zero-order valence-electron chi connectivity index (χ0n) is 11.6. The fourth-order valence-corrected chi connectivity index (χ4v) is 2.57. The Labute approximate surface area is 127 Å². The van der Waals surface area contributed by atoms with E-state index in [1.165, 1.54) is 12.1 Å². The van der Waals surface area contributed by atoms with Crippen LogP contribution in [0.25, 0.3) is 22.4 Å². The minimum absolute atomic E-state index is 0.239. The molecule has 108 valence electrons. The second kappa shape index (κ2) is 5.15. The van der Waals surface area contributed by atoms with Crippen LogP contribution in [0.5, 0.6) is 11.5 Å². The first-order valence-electron chi connectivity index (χ1n) is 6.92. The van der Waals surface area contributed by atoms with Crippen LogP contribution in [0.15, 0.2) is 60.8 Å². The summed E-state index contributed by atoms with van der Waals surface area (Å²) in [5.41, 5.74) is 3.36. The highest BCUT2D eigenvalue weighted by molar-refractivity contribution is 5.81. The maximum absolute atomic E-state index is 13.5. The SMILES string of the molecule is Fc1cccc(-c2ncccc2-c2ccc3c(c2)OCO3)c1. The molecule has 1 aliphatic rings. The molecular weight excluding hydrogens is 281 g/mol. The molecule has 0 radical (unpaired) electrons.